The molecule has 2 heterocycles. The van der Waals surface area contributed by atoms with E-state index in [-0.39, 0.29) is 17.7 Å². The van der Waals surface area contributed by atoms with Gasteiger partial charge in [-0.3, -0.25) is 14.6 Å². The van der Waals surface area contributed by atoms with E-state index in [1.54, 1.807) is 19.4 Å². The van der Waals surface area contributed by atoms with Crippen LogP contribution in [0.4, 0.5) is 0 Å². The lowest BCUT2D eigenvalue weighted by atomic mass is 9.89. The molecular formula is C22H25N3O3. The Hall–Kier alpha value is -2.73. The van der Waals surface area contributed by atoms with Gasteiger partial charge in [0.2, 0.25) is 5.91 Å². The highest BCUT2D eigenvalue weighted by atomic mass is 16.5. The predicted molar refractivity (Wildman–Crippen MR) is 105 cm³/mol. The molecule has 2 amide bonds. The summed E-state index contributed by atoms with van der Waals surface area (Å²) in [5.41, 5.74) is 2.07. The van der Waals surface area contributed by atoms with Gasteiger partial charge >= 0.3 is 0 Å². The molecule has 1 saturated heterocycles. The van der Waals surface area contributed by atoms with Crippen molar-refractivity contribution < 1.29 is 14.3 Å². The molecule has 1 aromatic heterocycles. The van der Waals surface area contributed by atoms with E-state index >= 15 is 0 Å². The molecule has 2 aliphatic rings. The van der Waals surface area contributed by atoms with Crippen LogP contribution in [-0.4, -0.2) is 54.0 Å². The van der Waals surface area contributed by atoms with Crippen molar-refractivity contribution in [1.82, 2.24) is 15.2 Å². The number of pyridine rings is 1. The van der Waals surface area contributed by atoms with E-state index in [2.05, 4.69) is 16.4 Å². The van der Waals surface area contributed by atoms with E-state index < -0.39 is 5.60 Å². The monoisotopic (exact) mass is 379 g/mol. The van der Waals surface area contributed by atoms with Crippen molar-refractivity contribution in [3.8, 4) is 11.1 Å². The molecule has 6 heteroatoms. The zero-order valence-corrected chi connectivity index (χ0v) is 16.1. The second-order valence-electron chi connectivity index (χ2n) is 7.57. The molecule has 2 aromatic rings. The molecular weight excluding hydrogens is 354 g/mol. The molecule has 2 fully saturated rings. The fraction of sp³-hybridized carbons (Fsp3) is 0.409. The standard InChI is InChI=1S/C22H25N3O3/c1-23-21(27)22(15-25(11-12-28-22)20(26)18-5-6-18)14-16-3-2-4-19(13-16)17-7-9-24-10-8-17/h2-4,7-10,13,18H,5-6,11-12,14-15H2,1H3,(H,23,27)/t22-/m0/s1. The third kappa shape index (κ3) is 3.78. The Morgan fingerprint density at radius 3 is 2.71 bits per heavy atom. The van der Waals surface area contributed by atoms with Gasteiger partial charge in [-0.2, -0.15) is 0 Å². The highest BCUT2D eigenvalue weighted by Gasteiger charge is 2.46. The number of hydrogen-bond acceptors (Lipinski definition) is 4. The van der Waals surface area contributed by atoms with Crippen LogP contribution in [0, 0.1) is 5.92 Å². The van der Waals surface area contributed by atoms with Crippen LogP contribution in [0.1, 0.15) is 18.4 Å². The molecule has 0 unspecified atom stereocenters. The number of amides is 2. The van der Waals surface area contributed by atoms with Crippen molar-refractivity contribution in [1.29, 1.82) is 0 Å². The molecule has 1 aromatic carbocycles. The zero-order valence-electron chi connectivity index (χ0n) is 16.1. The minimum absolute atomic E-state index is 0.135. The van der Waals surface area contributed by atoms with Crippen LogP contribution in [0.25, 0.3) is 11.1 Å². The second-order valence-corrected chi connectivity index (χ2v) is 7.57. The van der Waals surface area contributed by atoms with Crippen LogP contribution in [0.3, 0.4) is 0 Å². The third-order valence-electron chi connectivity index (χ3n) is 5.50. The number of rotatable bonds is 5. The molecule has 146 valence electrons. The Bertz CT molecular complexity index is 866. The van der Waals surface area contributed by atoms with Crippen molar-refractivity contribution >= 4 is 11.8 Å². The second kappa shape index (κ2) is 7.72. The summed E-state index contributed by atoms with van der Waals surface area (Å²) >= 11 is 0. The van der Waals surface area contributed by atoms with E-state index in [1.165, 1.54) is 0 Å². The molecule has 1 atom stereocenters. The number of hydrogen-bond donors (Lipinski definition) is 1. The van der Waals surface area contributed by atoms with E-state index in [1.807, 2.05) is 35.2 Å². The number of carbonyl (C=O) groups is 2. The molecule has 0 radical (unpaired) electrons. The van der Waals surface area contributed by atoms with Gasteiger partial charge in [0.1, 0.15) is 0 Å². The number of nitrogens with zero attached hydrogens (tertiary/aromatic N) is 2. The summed E-state index contributed by atoms with van der Waals surface area (Å²) in [4.78, 5) is 31.3. The topological polar surface area (TPSA) is 71.5 Å². The lowest BCUT2D eigenvalue weighted by Gasteiger charge is -2.41. The third-order valence-corrected chi connectivity index (χ3v) is 5.50. The van der Waals surface area contributed by atoms with Crippen molar-refractivity contribution in [2.75, 3.05) is 26.7 Å². The average Bonchev–Trinajstić information content (AvgIpc) is 3.59. The molecule has 6 nitrogen and oxygen atoms in total. The first-order valence-electron chi connectivity index (χ1n) is 9.75. The highest BCUT2D eigenvalue weighted by molar-refractivity contribution is 5.88. The molecule has 1 aliphatic heterocycles. The van der Waals surface area contributed by atoms with Gasteiger partial charge in [0, 0.05) is 38.3 Å². The van der Waals surface area contributed by atoms with Gasteiger partial charge in [0.05, 0.1) is 13.2 Å². The summed E-state index contributed by atoms with van der Waals surface area (Å²) in [6.45, 7) is 1.21. The number of morpholine rings is 1. The molecule has 1 saturated carbocycles. The molecule has 1 aliphatic carbocycles. The fourth-order valence-corrected chi connectivity index (χ4v) is 3.85. The lowest BCUT2D eigenvalue weighted by molar-refractivity contribution is -0.166. The maximum Gasteiger partial charge on any atom is 0.254 e. The van der Waals surface area contributed by atoms with Crippen LogP contribution in [0.2, 0.25) is 0 Å². The van der Waals surface area contributed by atoms with Crippen LogP contribution >= 0.6 is 0 Å². The maximum atomic E-state index is 12.8. The minimum Gasteiger partial charge on any atom is -0.361 e. The number of carbonyl (C=O) groups excluding carboxylic acids is 2. The summed E-state index contributed by atoms with van der Waals surface area (Å²) in [7, 11) is 1.61. The van der Waals surface area contributed by atoms with Gasteiger partial charge in [-0.1, -0.05) is 24.3 Å². The van der Waals surface area contributed by atoms with Crippen LogP contribution in [0.5, 0.6) is 0 Å². The highest BCUT2D eigenvalue weighted by Crippen LogP contribution is 2.33. The minimum atomic E-state index is -1.06. The molecule has 1 N–H and O–H groups in total. The van der Waals surface area contributed by atoms with Crippen LogP contribution < -0.4 is 5.32 Å². The van der Waals surface area contributed by atoms with Crippen molar-refractivity contribution in [3.05, 3.63) is 54.4 Å². The van der Waals surface area contributed by atoms with Crippen LogP contribution in [-0.2, 0) is 20.7 Å². The molecule has 28 heavy (non-hydrogen) atoms. The Labute approximate surface area is 164 Å². The smallest absolute Gasteiger partial charge is 0.254 e. The first-order valence-corrected chi connectivity index (χ1v) is 9.75. The Morgan fingerprint density at radius 1 is 1.21 bits per heavy atom. The quantitative estimate of drug-likeness (QED) is 0.863. The van der Waals surface area contributed by atoms with Gasteiger partial charge in [0.15, 0.2) is 5.60 Å². The Kier molecular flexibility index (Phi) is 5.13. The van der Waals surface area contributed by atoms with Crippen LogP contribution in [0.15, 0.2) is 48.8 Å². The SMILES string of the molecule is CNC(=O)[C@]1(Cc2cccc(-c3ccncc3)c2)CN(C(=O)C2CC2)CCO1. The van der Waals surface area contributed by atoms with Crippen molar-refractivity contribution in [3.63, 3.8) is 0 Å². The van der Waals surface area contributed by atoms with Gasteiger partial charge in [0.25, 0.3) is 5.91 Å². The summed E-state index contributed by atoms with van der Waals surface area (Å²) < 4.78 is 6.03. The van der Waals surface area contributed by atoms with E-state index in [4.69, 9.17) is 4.74 Å². The summed E-state index contributed by atoms with van der Waals surface area (Å²) in [5.74, 6) is 0.104. The number of nitrogens with one attached hydrogen (secondary N) is 1. The van der Waals surface area contributed by atoms with Crippen molar-refractivity contribution in [2.45, 2.75) is 24.9 Å². The van der Waals surface area contributed by atoms with Gasteiger partial charge in [-0.15, -0.1) is 0 Å². The zero-order chi connectivity index (χ0) is 19.6. The molecule has 4 rings (SSSR count). The van der Waals surface area contributed by atoms with Gasteiger partial charge in [-0.05, 0) is 41.7 Å². The largest absolute Gasteiger partial charge is 0.361 e. The van der Waals surface area contributed by atoms with Gasteiger partial charge in [-0.25, -0.2) is 0 Å². The van der Waals surface area contributed by atoms with Crippen molar-refractivity contribution in [2.24, 2.45) is 5.92 Å². The van der Waals surface area contributed by atoms with E-state index in [0.717, 1.165) is 29.5 Å². The number of aromatic nitrogens is 1. The summed E-state index contributed by atoms with van der Waals surface area (Å²) in [6.07, 6.45) is 5.85. The predicted octanol–water partition coefficient (Wildman–Crippen LogP) is 2.04. The number of benzene rings is 1. The normalized spacial score (nSPS) is 22.0. The number of ether oxygens (including phenoxy) is 1. The van der Waals surface area contributed by atoms with E-state index in [9.17, 15) is 9.59 Å². The fourth-order valence-electron chi connectivity index (χ4n) is 3.85. The summed E-state index contributed by atoms with van der Waals surface area (Å²) in [6, 6.07) is 12.0. The molecule has 0 bridgehead atoms. The average molecular weight is 379 g/mol. The molecule has 0 spiro atoms. The van der Waals surface area contributed by atoms with E-state index in [0.29, 0.717) is 26.1 Å². The number of likely N-dealkylation sites (N-methyl/N-ethyl adjacent to an activating group) is 1. The summed E-state index contributed by atoms with van der Waals surface area (Å²) in [5, 5.41) is 2.74. The first-order chi connectivity index (χ1) is 13.6. The Morgan fingerprint density at radius 2 is 2.00 bits per heavy atom. The maximum absolute atomic E-state index is 12.8. The first kappa shape index (κ1) is 18.6. The Balaban J connectivity index is 1.60. The lowest BCUT2D eigenvalue weighted by Crippen LogP contribution is -2.61. The van der Waals surface area contributed by atoms with Gasteiger partial charge < -0.3 is 15.0 Å².